The summed E-state index contributed by atoms with van der Waals surface area (Å²) in [6.45, 7) is 2.11. The quantitative estimate of drug-likeness (QED) is 0.619. The maximum atomic E-state index is 11.0. The van der Waals surface area contributed by atoms with Gasteiger partial charge in [0.2, 0.25) is 0 Å². The Kier molecular flexibility index (Phi) is 4.52. The molecule has 0 aliphatic heterocycles. The Labute approximate surface area is 116 Å². The molecular weight excluding hydrogens is 260 g/mol. The second-order valence-corrected chi connectivity index (χ2v) is 5.25. The first kappa shape index (κ1) is 13.5. The van der Waals surface area contributed by atoms with Crippen molar-refractivity contribution in [1.29, 1.82) is 0 Å². The molecular formula is C14H16N2O2S. The Morgan fingerprint density at radius 2 is 2.11 bits per heavy atom. The standard InChI is InChI=1S/C14H16N2O2S/c1-2-6-12(14-9-5-10-19-14)15-11-7-3-4-8-13(11)16(17)18/h3-5,7-10,12,15H,2,6H2,1H3. The molecule has 0 spiro atoms. The molecule has 2 aromatic rings. The van der Waals surface area contributed by atoms with Gasteiger partial charge in [-0.2, -0.15) is 0 Å². The number of nitro benzene ring substituents is 1. The smallest absolute Gasteiger partial charge is 0.292 e. The summed E-state index contributed by atoms with van der Waals surface area (Å²) in [7, 11) is 0. The number of hydrogen-bond acceptors (Lipinski definition) is 4. The molecule has 19 heavy (non-hydrogen) atoms. The Balaban J connectivity index is 2.25. The van der Waals surface area contributed by atoms with E-state index in [1.807, 2.05) is 17.5 Å². The third kappa shape index (κ3) is 3.32. The average molecular weight is 276 g/mol. The van der Waals surface area contributed by atoms with Crippen LogP contribution >= 0.6 is 11.3 Å². The largest absolute Gasteiger partial charge is 0.372 e. The summed E-state index contributed by atoms with van der Waals surface area (Å²) in [4.78, 5) is 11.9. The lowest BCUT2D eigenvalue weighted by Crippen LogP contribution is -2.10. The van der Waals surface area contributed by atoms with Crippen molar-refractivity contribution in [3.8, 4) is 0 Å². The molecule has 1 aromatic carbocycles. The molecule has 0 saturated heterocycles. The van der Waals surface area contributed by atoms with Gasteiger partial charge in [-0.25, -0.2) is 0 Å². The maximum Gasteiger partial charge on any atom is 0.292 e. The first-order chi connectivity index (χ1) is 9.22. The number of nitrogens with one attached hydrogen (secondary N) is 1. The Morgan fingerprint density at radius 1 is 1.32 bits per heavy atom. The van der Waals surface area contributed by atoms with Gasteiger partial charge in [-0.1, -0.05) is 31.5 Å². The summed E-state index contributed by atoms with van der Waals surface area (Å²) < 4.78 is 0. The molecule has 100 valence electrons. The number of nitrogens with zero attached hydrogens (tertiary/aromatic N) is 1. The van der Waals surface area contributed by atoms with Crippen LogP contribution in [0.4, 0.5) is 11.4 Å². The zero-order chi connectivity index (χ0) is 13.7. The second-order valence-electron chi connectivity index (χ2n) is 4.28. The van der Waals surface area contributed by atoms with Crippen LogP contribution < -0.4 is 5.32 Å². The number of nitro groups is 1. The predicted octanol–water partition coefficient (Wildman–Crippen LogP) is 4.61. The summed E-state index contributed by atoms with van der Waals surface area (Å²) in [6, 6.07) is 11.0. The first-order valence-corrected chi connectivity index (χ1v) is 7.13. The van der Waals surface area contributed by atoms with E-state index in [0.717, 1.165) is 12.8 Å². The molecule has 1 aromatic heterocycles. The summed E-state index contributed by atoms with van der Waals surface area (Å²) in [5.41, 5.74) is 0.708. The third-order valence-corrected chi connectivity index (χ3v) is 3.88. The van der Waals surface area contributed by atoms with Crippen LogP contribution in [-0.4, -0.2) is 4.92 Å². The number of rotatable bonds is 6. The highest BCUT2D eigenvalue weighted by Crippen LogP contribution is 2.31. The summed E-state index contributed by atoms with van der Waals surface area (Å²) >= 11 is 1.67. The first-order valence-electron chi connectivity index (χ1n) is 6.25. The fourth-order valence-electron chi connectivity index (χ4n) is 2.01. The highest BCUT2D eigenvalue weighted by molar-refractivity contribution is 7.10. The molecule has 0 fully saturated rings. The molecule has 0 radical (unpaired) electrons. The van der Waals surface area contributed by atoms with Crippen molar-refractivity contribution in [2.45, 2.75) is 25.8 Å². The van der Waals surface area contributed by atoms with Crippen molar-refractivity contribution >= 4 is 22.7 Å². The molecule has 1 atom stereocenters. The van der Waals surface area contributed by atoms with E-state index in [1.54, 1.807) is 23.5 Å². The molecule has 1 unspecified atom stereocenters. The number of para-hydroxylation sites is 2. The Hall–Kier alpha value is -1.88. The van der Waals surface area contributed by atoms with Crippen LogP contribution in [0.15, 0.2) is 41.8 Å². The monoisotopic (exact) mass is 276 g/mol. The molecule has 5 heteroatoms. The van der Waals surface area contributed by atoms with Crippen molar-refractivity contribution in [1.82, 2.24) is 0 Å². The Morgan fingerprint density at radius 3 is 2.74 bits per heavy atom. The van der Waals surface area contributed by atoms with E-state index in [9.17, 15) is 10.1 Å². The van der Waals surface area contributed by atoms with Crippen molar-refractivity contribution in [3.05, 3.63) is 56.8 Å². The van der Waals surface area contributed by atoms with E-state index < -0.39 is 0 Å². The molecule has 1 N–H and O–H groups in total. The topological polar surface area (TPSA) is 55.2 Å². The SMILES string of the molecule is CCCC(Nc1ccccc1[N+](=O)[O-])c1cccs1. The molecule has 0 aliphatic carbocycles. The van der Waals surface area contributed by atoms with Gasteiger partial charge in [0, 0.05) is 10.9 Å². The van der Waals surface area contributed by atoms with Gasteiger partial charge in [-0.15, -0.1) is 11.3 Å². The van der Waals surface area contributed by atoms with Crippen LogP contribution in [0.2, 0.25) is 0 Å². The van der Waals surface area contributed by atoms with Crippen molar-refractivity contribution in [2.75, 3.05) is 5.32 Å². The average Bonchev–Trinajstić information content (AvgIpc) is 2.92. The fourth-order valence-corrected chi connectivity index (χ4v) is 2.82. The van der Waals surface area contributed by atoms with E-state index in [2.05, 4.69) is 18.3 Å². The van der Waals surface area contributed by atoms with E-state index in [4.69, 9.17) is 0 Å². The number of benzene rings is 1. The van der Waals surface area contributed by atoms with E-state index in [1.165, 1.54) is 10.9 Å². The van der Waals surface area contributed by atoms with Gasteiger partial charge < -0.3 is 5.32 Å². The summed E-state index contributed by atoms with van der Waals surface area (Å²) in [6.07, 6.45) is 1.97. The minimum absolute atomic E-state index is 0.125. The number of anilines is 1. The van der Waals surface area contributed by atoms with Gasteiger partial charge in [-0.3, -0.25) is 10.1 Å². The van der Waals surface area contributed by atoms with Gasteiger partial charge >= 0.3 is 0 Å². The van der Waals surface area contributed by atoms with E-state index in [0.29, 0.717) is 5.69 Å². The number of hydrogen-bond donors (Lipinski definition) is 1. The van der Waals surface area contributed by atoms with Crippen molar-refractivity contribution < 1.29 is 4.92 Å². The lowest BCUT2D eigenvalue weighted by molar-refractivity contribution is -0.384. The second kappa shape index (κ2) is 6.33. The summed E-state index contributed by atoms with van der Waals surface area (Å²) in [5, 5.41) is 16.3. The number of thiophene rings is 1. The molecule has 1 heterocycles. The minimum Gasteiger partial charge on any atom is -0.372 e. The lowest BCUT2D eigenvalue weighted by atomic mass is 10.1. The van der Waals surface area contributed by atoms with Crippen LogP contribution in [0.1, 0.15) is 30.7 Å². The van der Waals surface area contributed by atoms with Crippen LogP contribution in [0, 0.1) is 10.1 Å². The Bertz CT molecular complexity index is 540. The van der Waals surface area contributed by atoms with E-state index >= 15 is 0 Å². The molecule has 0 amide bonds. The van der Waals surface area contributed by atoms with Crippen molar-refractivity contribution in [3.63, 3.8) is 0 Å². The van der Waals surface area contributed by atoms with Gasteiger partial charge in [0.15, 0.2) is 0 Å². The van der Waals surface area contributed by atoms with Gasteiger partial charge in [0.1, 0.15) is 5.69 Å². The zero-order valence-corrected chi connectivity index (χ0v) is 11.5. The van der Waals surface area contributed by atoms with Gasteiger partial charge in [-0.05, 0) is 23.9 Å². The molecule has 2 rings (SSSR count). The van der Waals surface area contributed by atoms with Crippen LogP contribution in [0.3, 0.4) is 0 Å². The molecule has 4 nitrogen and oxygen atoms in total. The third-order valence-electron chi connectivity index (χ3n) is 2.89. The molecule has 0 aliphatic rings. The normalized spacial score (nSPS) is 12.1. The predicted molar refractivity (Wildman–Crippen MR) is 78.7 cm³/mol. The molecule has 0 saturated carbocycles. The van der Waals surface area contributed by atoms with E-state index in [-0.39, 0.29) is 16.7 Å². The fraction of sp³-hybridized carbons (Fsp3) is 0.286. The van der Waals surface area contributed by atoms with Crippen LogP contribution in [0.5, 0.6) is 0 Å². The maximum absolute atomic E-state index is 11.0. The highest BCUT2D eigenvalue weighted by atomic mass is 32.1. The lowest BCUT2D eigenvalue weighted by Gasteiger charge is -2.18. The minimum atomic E-state index is -0.347. The van der Waals surface area contributed by atoms with Crippen LogP contribution in [-0.2, 0) is 0 Å². The summed E-state index contributed by atoms with van der Waals surface area (Å²) in [5.74, 6) is 0. The van der Waals surface area contributed by atoms with Crippen LogP contribution in [0.25, 0.3) is 0 Å². The molecule has 0 bridgehead atoms. The zero-order valence-electron chi connectivity index (χ0n) is 10.7. The van der Waals surface area contributed by atoms with Gasteiger partial charge in [0.05, 0.1) is 11.0 Å². The van der Waals surface area contributed by atoms with Gasteiger partial charge in [0.25, 0.3) is 5.69 Å². The highest BCUT2D eigenvalue weighted by Gasteiger charge is 2.17. The van der Waals surface area contributed by atoms with Crippen molar-refractivity contribution in [2.24, 2.45) is 0 Å².